The second kappa shape index (κ2) is 8.13. The Balaban J connectivity index is 1.48. The fourth-order valence-electron chi connectivity index (χ4n) is 4.00. The van der Waals surface area contributed by atoms with Crippen LogP contribution >= 0.6 is 0 Å². The highest BCUT2D eigenvalue weighted by Gasteiger charge is 2.30. The molecular formula is C21H25FN4O. The molecule has 1 amide bonds. The monoisotopic (exact) mass is 368 g/mol. The van der Waals surface area contributed by atoms with Gasteiger partial charge in [0.1, 0.15) is 5.82 Å². The molecule has 1 saturated heterocycles. The van der Waals surface area contributed by atoms with Crippen LogP contribution in [-0.2, 0) is 24.2 Å². The van der Waals surface area contributed by atoms with Crippen molar-refractivity contribution in [3.63, 3.8) is 0 Å². The topological polar surface area (TPSA) is 58.1 Å². The van der Waals surface area contributed by atoms with E-state index >= 15 is 0 Å². The van der Waals surface area contributed by atoms with E-state index in [9.17, 15) is 9.18 Å². The molecule has 2 aromatic rings. The number of benzene rings is 1. The minimum Gasteiger partial charge on any atom is -0.332 e. The number of piperidine rings is 1. The van der Waals surface area contributed by atoms with Crippen molar-refractivity contribution in [1.29, 1.82) is 0 Å². The number of carbonyl (C=O) groups is 1. The number of rotatable bonds is 4. The highest BCUT2D eigenvalue weighted by molar-refractivity contribution is 5.77. The Hall–Kier alpha value is -2.34. The minimum absolute atomic E-state index is 0.0611. The summed E-state index contributed by atoms with van der Waals surface area (Å²) >= 11 is 0. The SMILES string of the molecule is O=C(CCc1ccccc1F)N1CCCC[C@@H]1c1ncc2c(n1)CCNC2. The zero-order valence-electron chi connectivity index (χ0n) is 15.5. The summed E-state index contributed by atoms with van der Waals surface area (Å²) in [7, 11) is 0. The Kier molecular flexibility index (Phi) is 5.43. The van der Waals surface area contributed by atoms with Crippen molar-refractivity contribution in [3.05, 3.63) is 58.9 Å². The zero-order chi connectivity index (χ0) is 18.6. The van der Waals surface area contributed by atoms with Crippen LogP contribution in [0.4, 0.5) is 4.39 Å². The summed E-state index contributed by atoms with van der Waals surface area (Å²) in [6.45, 7) is 2.47. The third-order valence-corrected chi connectivity index (χ3v) is 5.51. The zero-order valence-corrected chi connectivity index (χ0v) is 15.5. The quantitative estimate of drug-likeness (QED) is 0.901. The summed E-state index contributed by atoms with van der Waals surface area (Å²) in [4.78, 5) is 24.2. The first-order chi connectivity index (χ1) is 13.2. The average molecular weight is 368 g/mol. The third kappa shape index (κ3) is 4.00. The number of aromatic nitrogens is 2. The number of amides is 1. The van der Waals surface area contributed by atoms with Crippen LogP contribution in [0.25, 0.3) is 0 Å². The Morgan fingerprint density at radius 3 is 3.07 bits per heavy atom. The number of likely N-dealkylation sites (tertiary alicyclic amines) is 1. The number of fused-ring (bicyclic) bond motifs is 1. The van der Waals surface area contributed by atoms with E-state index in [0.29, 0.717) is 18.4 Å². The highest BCUT2D eigenvalue weighted by atomic mass is 19.1. The van der Waals surface area contributed by atoms with Crippen molar-refractivity contribution in [3.8, 4) is 0 Å². The molecule has 2 aliphatic heterocycles. The number of halogens is 1. The van der Waals surface area contributed by atoms with Gasteiger partial charge in [0.05, 0.1) is 6.04 Å². The summed E-state index contributed by atoms with van der Waals surface area (Å²) in [5.41, 5.74) is 2.85. The van der Waals surface area contributed by atoms with Gasteiger partial charge in [-0.2, -0.15) is 0 Å². The summed E-state index contributed by atoms with van der Waals surface area (Å²) in [6, 6.07) is 6.61. The molecule has 1 aromatic carbocycles. The largest absolute Gasteiger partial charge is 0.332 e. The Bertz CT molecular complexity index is 826. The van der Waals surface area contributed by atoms with Crippen LogP contribution in [0.1, 0.15) is 54.4 Å². The first kappa shape index (κ1) is 18.0. The molecule has 0 spiro atoms. The fraction of sp³-hybridized carbons (Fsp3) is 0.476. The number of nitrogens with zero attached hydrogens (tertiary/aromatic N) is 3. The Morgan fingerprint density at radius 1 is 1.30 bits per heavy atom. The van der Waals surface area contributed by atoms with Crippen LogP contribution in [-0.4, -0.2) is 33.9 Å². The van der Waals surface area contributed by atoms with E-state index in [2.05, 4.69) is 10.3 Å². The van der Waals surface area contributed by atoms with E-state index in [4.69, 9.17) is 4.98 Å². The summed E-state index contributed by atoms with van der Waals surface area (Å²) in [5, 5.41) is 3.33. The van der Waals surface area contributed by atoms with Gasteiger partial charge >= 0.3 is 0 Å². The maximum atomic E-state index is 13.8. The molecule has 0 radical (unpaired) electrons. The van der Waals surface area contributed by atoms with Gasteiger partial charge in [-0.25, -0.2) is 14.4 Å². The first-order valence-corrected chi connectivity index (χ1v) is 9.80. The van der Waals surface area contributed by atoms with Gasteiger partial charge in [0.2, 0.25) is 5.91 Å². The normalized spacial score (nSPS) is 19.6. The molecule has 0 saturated carbocycles. The van der Waals surface area contributed by atoms with Gasteiger partial charge in [-0.3, -0.25) is 4.79 Å². The molecular weight excluding hydrogens is 343 g/mol. The second-order valence-electron chi connectivity index (χ2n) is 7.32. The van der Waals surface area contributed by atoms with Crippen LogP contribution in [0, 0.1) is 5.82 Å². The van der Waals surface area contributed by atoms with E-state index in [1.807, 2.05) is 17.2 Å². The van der Waals surface area contributed by atoms with Gasteiger partial charge in [0.15, 0.2) is 5.82 Å². The van der Waals surface area contributed by atoms with Crippen molar-refractivity contribution in [2.75, 3.05) is 13.1 Å². The van der Waals surface area contributed by atoms with Gasteiger partial charge in [0.25, 0.3) is 0 Å². The molecule has 5 nitrogen and oxygen atoms in total. The van der Waals surface area contributed by atoms with Crippen LogP contribution < -0.4 is 5.32 Å². The molecule has 1 atom stereocenters. The van der Waals surface area contributed by atoms with Crippen LogP contribution in [0.5, 0.6) is 0 Å². The second-order valence-corrected chi connectivity index (χ2v) is 7.32. The molecule has 1 fully saturated rings. The lowest BCUT2D eigenvalue weighted by Gasteiger charge is -2.35. The van der Waals surface area contributed by atoms with Crippen LogP contribution in [0.2, 0.25) is 0 Å². The predicted molar refractivity (Wildman–Crippen MR) is 100 cm³/mol. The third-order valence-electron chi connectivity index (χ3n) is 5.51. The lowest BCUT2D eigenvalue weighted by Crippen LogP contribution is -2.39. The standard InChI is InChI=1S/C21H25FN4O/c22-17-6-2-1-5-15(17)8-9-20(27)26-12-4-3-7-19(26)21-24-14-16-13-23-11-10-18(16)25-21/h1-2,5-6,14,19,23H,3-4,7-13H2/t19-/m1/s1. The summed E-state index contributed by atoms with van der Waals surface area (Å²) in [5.74, 6) is 0.577. The molecule has 3 heterocycles. The number of hydrogen-bond donors (Lipinski definition) is 1. The van der Waals surface area contributed by atoms with Crippen molar-refractivity contribution < 1.29 is 9.18 Å². The van der Waals surface area contributed by atoms with E-state index in [1.54, 1.807) is 12.1 Å². The van der Waals surface area contributed by atoms with Gasteiger partial charge in [-0.1, -0.05) is 18.2 Å². The summed E-state index contributed by atoms with van der Waals surface area (Å²) < 4.78 is 13.8. The lowest BCUT2D eigenvalue weighted by molar-refractivity contribution is -0.135. The van der Waals surface area contributed by atoms with Crippen molar-refractivity contribution >= 4 is 5.91 Å². The number of nitrogens with one attached hydrogen (secondary N) is 1. The maximum Gasteiger partial charge on any atom is 0.223 e. The Labute approximate surface area is 159 Å². The number of aryl methyl sites for hydroxylation is 1. The molecule has 2 aliphatic rings. The van der Waals surface area contributed by atoms with E-state index in [0.717, 1.165) is 62.4 Å². The number of hydrogen-bond acceptors (Lipinski definition) is 4. The van der Waals surface area contributed by atoms with Crippen molar-refractivity contribution in [2.45, 2.75) is 51.1 Å². The molecule has 4 rings (SSSR count). The van der Waals surface area contributed by atoms with Gasteiger partial charge in [0, 0.05) is 49.9 Å². The molecule has 27 heavy (non-hydrogen) atoms. The summed E-state index contributed by atoms with van der Waals surface area (Å²) in [6.07, 6.45) is 6.50. The molecule has 0 aliphatic carbocycles. The molecule has 6 heteroatoms. The lowest BCUT2D eigenvalue weighted by atomic mass is 9.99. The van der Waals surface area contributed by atoms with Gasteiger partial charge in [-0.05, 0) is 37.3 Å². The fourth-order valence-corrected chi connectivity index (χ4v) is 4.00. The van der Waals surface area contributed by atoms with Gasteiger partial charge < -0.3 is 10.2 Å². The smallest absolute Gasteiger partial charge is 0.223 e. The highest BCUT2D eigenvalue weighted by Crippen LogP contribution is 2.30. The predicted octanol–water partition coefficient (Wildman–Crippen LogP) is 2.95. The van der Waals surface area contributed by atoms with Crippen LogP contribution in [0.3, 0.4) is 0 Å². The van der Waals surface area contributed by atoms with E-state index < -0.39 is 0 Å². The minimum atomic E-state index is -0.243. The first-order valence-electron chi connectivity index (χ1n) is 9.80. The van der Waals surface area contributed by atoms with E-state index in [1.165, 1.54) is 6.07 Å². The van der Waals surface area contributed by atoms with Crippen LogP contribution in [0.15, 0.2) is 30.5 Å². The molecule has 142 valence electrons. The Morgan fingerprint density at radius 2 is 2.19 bits per heavy atom. The van der Waals surface area contributed by atoms with Crippen molar-refractivity contribution in [1.82, 2.24) is 20.2 Å². The molecule has 0 unspecified atom stereocenters. The van der Waals surface area contributed by atoms with Crippen molar-refractivity contribution in [2.24, 2.45) is 0 Å². The van der Waals surface area contributed by atoms with E-state index in [-0.39, 0.29) is 17.8 Å². The molecule has 1 N–H and O–H groups in total. The molecule has 0 bridgehead atoms. The number of carbonyl (C=O) groups excluding carboxylic acids is 1. The maximum absolute atomic E-state index is 13.8. The average Bonchev–Trinajstić information content (AvgIpc) is 2.72. The molecule has 1 aromatic heterocycles. The van der Waals surface area contributed by atoms with Gasteiger partial charge in [-0.15, -0.1) is 0 Å².